The van der Waals surface area contributed by atoms with Gasteiger partial charge in [-0.2, -0.15) is 0 Å². The van der Waals surface area contributed by atoms with Gasteiger partial charge in [0.15, 0.2) is 0 Å². The number of rotatable bonds is 7. The van der Waals surface area contributed by atoms with Crippen molar-refractivity contribution in [1.29, 1.82) is 0 Å². The van der Waals surface area contributed by atoms with Crippen LogP contribution in [0.15, 0.2) is 11.3 Å². The van der Waals surface area contributed by atoms with Gasteiger partial charge in [0, 0.05) is 0 Å². The molecule has 0 heterocycles. The maximum absolute atomic E-state index is 3.46. The largest absolute Gasteiger partial charge is 0.339 e. The normalized spacial score (nSPS) is 10.9. The van der Waals surface area contributed by atoms with Crippen molar-refractivity contribution in [2.45, 2.75) is 46.5 Å². The molecule has 0 aliphatic carbocycles. The summed E-state index contributed by atoms with van der Waals surface area (Å²) in [5.41, 5.74) is 4.18. The van der Waals surface area contributed by atoms with E-state index in [0.717, 1.165) is 6.54 Å². The molecule has 1 N–H and O–H groups in total. The summed E-state index contributed by atoms with van der Waals surface area (Å²) in [7, 11) is -0.0888. The van der Waals surface area contributed by atoms with Gasteiger partial charge in [-0.05, 0) is 19.4 Å². The molecule has 0 radical (unpaired) electrons. The molecule has 0 rings (SSSR count). The second-order valence-corrected chi connectivity index (χ2v) is 4.49. The van der Waals surface area contributed by atoms with Crippen LogP contribution in [0.4, 0.5) is 0 Å². The van der Waals surface area contributed by atoms with E-state index in [9.17, 15) is 0 Å². The van der Waals surface area contributed by atoms with Crippen LogP contribution < -0.4 is 4.98 Å². The van der Waals surface area contributed by atoms with E-state index < -0.39 is 0 Å². The fourth-order valence-electron chi connectivity index (χ4n) is 1.33. The highest BCUT2D eigenvalue weighted by Gasteiger charge is 1.93. The summed E-state index contributed by atoms with van der Waals surface area (Å²) >= 11 is 0. The van der Waals surface area contributed by atoms with Crippen LogP contribution in [0.25, 0.3) is 0 Å². The molecular formula is C10H23NSi. The first-order valence-corrected chi connectivity index (χ1v) is 6.76. The Labute approximate surface area is 79.5 Å². The third-order valence-corrected chi connectivity index (χ3v) is 3.50. The van der Waals surface area contributed by atoms with E-state index in [4.69, 9.17) is 0 Å². The van der Waals surface area contributed by atoms with E-state index in [1.54, 1.807) is 5.57 Å². The highest BCUT2D eigenvalue weighted by atomic mass is 28.2. The predicted molar refractivity (Wildman–Crippen MR) is 60.1 cm³/mol. The molecule has 0 aromatic heterocycles. The molecule has 72 valence electrons. The summed E-state index contributed by atoms with van der Waals surface area (Å²) in [6.07, 6.45) is 5.22. The first-order chi connectivity index (χ1) is 5.85. The third-order valence-electron chi connectivity index (χ3n) is 1.93. The lowest BCUT2D eigenvalue weighted by Crippen LogP contribution is -2.16. The number of hydrogen-bond donors (Lipinski definition) is 1. The molecule has 0 saturated carbocycles. The van der Waals surface area contributed by atoms with Crippen molar-refractivity contribution in [2.24, 2.45) is 0 Å². The Hall–Kier alpha value is -0.0831. The zero-order chi connectivity index (χ0) is 9.23. The van der Waals surface area contributed by atoms with Gasteiger partial charge in [0.25, 0.3) is 0 Å². The van der Waals surface area contributed by atoms with Gasteiger partial charge < -0.3 is 4.98 Å². The lowest BCUT2D eigenvalue weighted by molar-refractivity contribution is 0.805. The van der Waals surface area contributed by atoms with Crippen molar-refractivity contribution in [1.82, 2.24) is 4.98 Å². The van der Waals surface area contributed by atoms with Crippen LogP contribution in [0.3, 0.4) is 0 Å². The van der Waals surface area contributed by atoms with Crippen LogP contribution in [0.2, 0.25) is 0 Å². The molecule has 0 aromatic rings. The zero-order valence-corrected chi connectivity index (χ0v) is 10.2. The van der Waals surface area contributed by atoms with Crippen LogP contribution in [-0.4, -0.2) is 16.2 Å². The summed E-state index contributed by atoms with van der Waals surface area (Å²) in [5, 5.41) is 0. The van der Waals surface area contributed by atoms with Gasteiger partial charge in [-0.3, -0.25) is 0 Å². The van der Waals surface area contributed by atoms with Gasteiger partial charge >= 0.3 is 0 Å². The fourth-order valence-corrected chi connectivity index (χ4v) is 2.46. The quantitative estimate of drug-likeness (QED) is 0.473. The van der Waals surface area contributed by atoms with Crippen molar-refractivity contribution < 1.29 is 0 Å². The van der Waals surface area contributed by atoms with Crippen molar-refractivity contribution in [3.05, 3.63) is 11.3 Å². The standard InChI is InChI=1S/C10H23NSi/c1-4-7-10(8-5-2)9-12-11-6-3/h9,11H,4-8,12H2,1-3H3. The monoisotopic (exact) mass is 185 g/mol. The zero-order valence-electron chi connectivity index (χ0n) is 8.82. The number of allylic oxidation sites excluding steroid dienone is 1. The molecule has 0 aliphatic rings. The Kier molecular flexibility index (Phi) is 8.95. The number of hydrogen-bond acceptors (Lipinski definition) is 1. The van der Waals surface area contributed by atoms with Crippen LogP contribution in [0, 0.1) is 0 Å². The van der Waals surface area contributed by atoms with Crippen LogP contribution in [0.1, 0.15) is 46.5 Å². The van der Waals surface area contributed by atoms with Gasteiger partial charge in [-0.15, -0.1) is 0 Å². The van der Waals surface area contributed by atoms with Crippen molar-refractivity contribution in [3.63, 3.8) is 0 Å². The van der Waals surface area contributed by atoms with Crippen molar-refractivity contribution in [2.75, 3.05) is 6.54 Å². The minimum absolute atomic E-state index is 0.0888. The molecule has 12 heavy (non-hydrogen) atoms. The van der Waals surface area contributed by atoms with Crippen LogP contribution in [0.5, 0.6) is 0 Å². The lowest BCUT2D eigenvalue weighted by Gasteiger charge is -2.04. The maximum Gasteiger partial charge on any atom is 0.116 e. The SMILES string of the molecule is CCCC(=C[SiH2]NCC)CCC. The van der Waals surface area contributed by atoms with E-state index in [0.29, 0.717) is 0 Å². The van der Waals surface area contributed by atoms with E-state index in [1.807, 2.05) is 0 Å². The molecule has 0 unspecified atom stereocenters. The summed E-state index contributed by atoms with van der Waals surface area (Å²) in [5.74, 6) is 0. The molecule has 0 amide bonds. The molecule has 0 bridgehead atoms. The van der Waals surface area contributed by atoms with E-state index >= 15 is 0 Å². The van der Waals surface area contributed by atoms with Crippen LogP contribution >= 0.6 is 0 Å². The first kappa shape index (κ1) is 11.9. The molecule has 0 spiro atoms. The average molecular weight is 185 g/mol. The summed E-state index contributed by atoms with van der Waals surface area (Å²) in [4.78, 5) is 3.46. The topological polar surface area (TPSA) is 12.0 Å². The summed E-state index contributed by atoms with van der Waals surface area (Å²) < 4.78 is 0. The van der Waals surface area contributed by atoms with E-state index in [1.165, 1.54) is 25.7 Å². The molecule has 2 heteroatoms. The molecule has 0 aliphatic heterocycles. The Morgan fingerprint density at radius 2 is 1.75 bits per heavy atom. The molecule has 0 saturated heterocycles. The Balaban J connectivity index is 3.64. The van der Waals surface area contributed by atoms with Gasteiger partial charge in [-0.1, -0.05) is 44.9 Å². The summed E-state index contributed by atoms with van der Waals surface area (Å²) in [6.45, 7) is 7.84. The van der Waals surface area contributed by atoms with Crippen molar-refractivity contribution in [3.8, 4) is 0 Å². The smallest absolute Gasteiger partial charge is 0.116 e. The average Bonchev–Trinajstić information content (AvgIpc) is 2.06. The highest BCUT2D eigenvalue weighted by molar-refractivity contribution is 6.39. The predicted octanol–water partition coefficient (Wildman–Crippen LogP) is 2.16. The van der Waals surface area contributed by atoms with Crippen molar-refractivity contribution >= 4 is 9.68 Å². The molecule has 0 fully saturated rings. The number of nitrogens with one attached hydrogen (secondary N) is 1. The Morgan fingerprint density at radius 1 is 1.17 bits per heavy atom. The third kappa shape index (κ3) is 6.62. The lowest BCUT2D eigenvalue weighted by atomic mass is 10.1. The van der Waals surface area contributed by atoms with Gasteiger partial charge in [-0.25, -0.2) is 0 Å². The van der Waals surface area contributed by atoms with Gasteiger partial charge in [0.2, 0.25) is 0 Å². The Morgan fingerprint density at radius 3 is 2.17 bits per heavy atom. The summed E-state index contributed by atoms with van der Waals surface area (Å²) in [6, 6.07) is 0. The van der Waals surface area contributed by atoms with Gasteiger partial charge in [0.05, 0.1) is 0 Å². The molecular weight excluding hydrogens is 162 g/mol. The second-order valence-electron chi connectivity index (χ2n) is 3.17. The van der Waals surface area contributed by atoms with E-state index in [-0.39, 0.29) is 9.68 Å². The maximum atomic E-state index is 3.46. The fraction of sp³-hybridized carbons (Fsp3) is 0.800. The molecule has 1 nitrogen and oxygen atoms in total. The molecule has 0 aromatic carbocycles. The minimum atomic E-state index is -0.0888. The van der Waals surface area contributed by atoms with Crippen LogP contribution in [-0.2, 0) is 0 Å². The first-order valence-electron chi connectivity index (χ1n) is 5.23. The minimum Gasteiger partial charge on any atom is -0.339 e. The second kappa shape index (κ2) is 9.01. The highest BCUT2D eigenvalue weighted by Crippen LogP contribution is 2.10. The Bertz CT molecular complexity index is 113. The van der Waals surface area contributed by atoms with Gasteiger partial charge in [0.1, 0.15) is 9.68 Å². The van der Waals surface area contributed by atoms with E-state index in [2.05, 4.69) is 31.5 Å². The molecule has 0 atom stereocenters.